The van der Waals surface area contributed by atoms with Gasteiger partial charge in [-0.3, -0.25) is 0 Å². The maximum Gasteiger partial charge on any atom is 0.266 e. The van der Waals surface area contributed by atoms with E-state index in [9.17, 15) is 0 Å². The van der Waals surface area contributed by atoms with Gasteiger partial charge in [0.05, 0.1) is 10.7 Å². The van der Waals surface area contributed by atoms with Crippen molar-refractivity contribution in [3.05, 3.63) is 81.9 Å². The van der Waals surface area contributed by atoms with Gasteiger partial charge in [-0.05, 0) is 43.2 Å². The van der Waals surface area contributed by atoms with Crippen LogP contribution in [0.3, 0.4) is 0 Å². The fourth-order valence-electron chi connectivity index (χ4n) is 4.53. The van der Waals surface area contributed by atoms with Crippen LogP contribution in [0.5, 0.6) is 0 Å². The number of allylic oxidation sites excluding steroid dienone is 4. The minimum Gasteiger partial charge on any atom is -0.334 e. The second-order valence-electron chi connectivity index (χ2n) is 7.64. The molecule has 0 saturated heterocycles. The van der Waals surface area contributed by atoms with Gasteiger partial charge in [0, 0.05) is 29.5 Å². The Bertz CT molecular complexity index is 1210. The molecule has 2 nitrogen and oxygen atoms in total. The maximum atomic E-state index is 2.49. The van der Waals surface area contributed by atoms with Crippen molar-refractivity contribution in [1.29, 1.82) is 0 Å². The Labute approximate surface area is 173 Å². The second-order valence-corrected chi connectivity index (χ2v) is 9.70. The molecule has 28 heavy (non-hydrogen) atoms. The molecule has 0 N–H and O–H groups in total. The zero-order valence-corrected chi connectivity index (χ0v) is 17.4. The molecular formula is C24H21N2S2+. The lowest BCUT2D eigenvalue weighted by Crippen LogP contribution is -2.30. The molecule has 3 aromatic rings. The largest absolute Gasteiger partial charge is 0.334 e. The number of nitrogens with zero attached hydrogens (tertiary/aromatic N) is 2. The van der Waals surface area contributed by atoms with Gasteiger partial charge in [-0.25, -0.2) is 0 Å². The number of hydrogen-bond donors (Lipinski definition) is 0. The lowest BCUT2D eigenvalue weighted by atomic mass is 10.1. The molecule has 4 heterocycles. The predicted octanol–water partition coefficient (Wildman–Crippen LogP) is 6.15. The van der Waals surface area contributed by atoms with Gasteiger partial charge < -0.3 is 4.90 Å². The molecule has 0 radical (unpaired) electrons. The van der Waals surface area contributed by atoms with Crippen LogP contribution in [-0.2, 0) is 6.54 Å². The monoisotopic (exact) mass is 401 g/mol. The number of para-hydroxylation sites is 2. The molecule has 0 bridgehead atoms. The number of thiazole rings is 1. The van der Waals surface area contributed by atoms with Crippen molar-refractivity contribution >= 4 is 44.6 Å². The number of anilines is 1. The lowest BCUT2D eigenvalue weighted by Gasteiger charge is -2.13. The number of rotatable bonds is 2. The molecule has 3 aliphatic heterocycles. The van der Waals surface area contributed by atoms with Crippen LogP contribution in [0, 0.1) is 0 Å². The molecule has 4 heteroatoms. The molecular weight excluding hydrogens is 380 g/mol. The van der Waals surface area contributed by atoms with E-state index in [2.05, 4.69) is 77.1 Å². The van der Waals surface area contributed by atoms with E-state index in [-0.39, 0.29) is 0 Å². The maximum absolute atomic E-state index is 2.49. The molecule has 1 aromatic heterocycles. The van der Waals surface area contributed by atoms with Crippen LogP contribution in [0.25, 0.3) is 15.8 Å². The molecule has 0 saturated carbocycles. The van der Waals surface area contributed by atoms with Crippen molar-refractivity contribution in [3.8, 4) is 0 Å². The van der Waals surface area contributed by atoms with Gasteiger partial charge in [0.25, 0.3) is 5.01 Å². The van der Waals surface area contributed by atoms with E-state index >= 15 is 0 Å². The van der Waals surface area contributed by atoms with Gasteiger partial charge in [0.2, 0.25) is 5.52 Å². The van der Waals surface area contributed by atoms with Gasteiger partial charge in [0.1, 0.15) is 4.70 Å². The molecule has 0 aliphatic carbocycles. The zero-order chi connectivity index (χ0) is 18.7. The fourth-order valence-corrected chi connectivity index (χ4v) is 6.99. The molecule has 138 valence electrons. The Morgan fingerprint density at radius 3 is 2.89 bits per heavy atom. The third kappa shape index (κ3) is 2.51. The zero-order valence-electron chi connectivity index (χ0n) is 15.8. The molecule has 0 amide bonds. The van der Waals surface area contributed by atoms with E-state index in [1.165, 1.54) is 47.6 Å². The molecule has 0 unspecified atom stereocenters. The molecule has 0 atom stereocenters. The summed E-state index contributed by atoms with van der Waals surface area (Å²) >= 11 is 3.86. The summed E-state index contributed by atoms with van der Waals surface area (Å²) in [4.78, 5) is 3.88. The summed E-state index contributed by atoms with van der Waals surface area (Å²) in [6, 6.07) is 17.5. The van der Waals surface area contributed by atoms with Crippen molar-refractivity contribution in [2.45, 2.75) is 31.2 Å². The number of fused-ring (bicyclic) bond motifs is 6. The topological polar surface area (TPSA) is 7.12 Å². The number of benzene rings is 2. The minimum atomic E-state index is 1.10. The number of aryl methyl sites for hydroxylation is 1. The molecule has 0 spiro atoms. The summed E-state index contributed by atoms with van der Waals surface area (Å²) in [6.07, 6.45) is 7.11. The summed E-state index contributed by atoms with van der Waals surface area (Å²) in [7, 11) is 0. The van der Waals surface area contributed by atoms with Crippen molar-refractivity contribution in [2.24, 2.45) is 0 Å². The second kappa shape index (κ2) is 6.36. The van der Waals surface area contributed by atoms with Gasteiger partial charge >= 0.3 is 0 Å². The summed E-state index contributed by atoms with van der Waals surface area (Å²) in [5, 5.41) is 2.87. The molecule has 3 aliphatic rings. The standard InChI is InChI=1S/C24H21N2S2/c1-16(14-17-10-12-25-19-6-2-4-8-21(19)27-23(17)25)15-18-11-13-26-20-7-3-5-9-22(20)28-24(18)26/h2-9,14-15H,10-13H2,1H3/q+1. The quantitative estimate of drug-likeness (QED) is 0.476. The average Bonchev–Trinajstić information content (AvgIpc) is 3.44. The highest BCUT2D eigenvalue weighted by Crippen LogP contribution is 2.50. The van der Waals surface area contributed by atoms with E-state index in [0.717, 1.165) is 25.9 Å². The van der Waals surface area contributed by atoms with Crippen molar-refractivity contribution < 1.29 is 4.57 Å². The molecule has 6 rings (SSSR count). The summed E-state index contributed by atoms with van der Waals surface area (Å²) in [5.74, 6) is 0. The van der Waals surface area contributed by atoms with Gasteiger partial charge in [-0.1, -0.05) is 59.0 Å². The first kappa shape index (κ1) is 16.6. The SMILES string of the molecule is CC(=C\C1=C2Sc3ccccc3N2CC1)/C=C1\CC[n+]2c1sc1ccccc12. The Morgan fingerprint density at radius 1 is 1.07 bits per heavy atom. The lowest BCUT2D eigenvalue weighted by molar-refractivity contribution is -0.659. The Balaban J connectivity index is 1.34. The van der Waals surface area contributed by atoms with E-state index in [1.54, 1.807) is 0 Å². The number of hydrogen-bond acceptors (Lipinski definition) is 3. The first-order valence-electron chi connectivity index (χ1n) is 9.86. The van der Waals surface area contributed by atoms with Crippen LogP contribution in [-0.4, -0.2) is 6.54 Å². The third-order valence-corrected chi connectivity index (χ3v) is 8.26. The first-order valence-corrected chi connectivity index (χ1v) is 11.5. The van der Waals surface area contributed by atoms with Crippen LogP contribution < -0.4 is 9.47 Å². The van der Waals surface area contributed by atoms with Crippen LogP contribution in [0.2, 0.25) is 0 Å². The smallest absolute Gasteiger partial charge is 0.266 e. The Morgan fingerprint density at radius 2 is 1.93 bits per heavy atom. The van der Waals surface area contributed by atoms with Crippen molar-refractivity contribution in [1.82, 2.24) is 0 Å². The first-order chi connectivity index (χ1) is 13.8. The fraction of sp³-hybridized carbons (Fsp3) is 0.208. The minimum absolute atomic E-state index is 1.10. The van der Waals surface area contributed by atoms with E-state index in [1.807, 2.05) is 23.1 Å². The van der Waals surface area contributed by atoms with Crippen LogP contribution >= 0.6 is 23.1 Å². The summed E-state index contributed by atoms with van der Waals surface area (Å²) in [5.41, 5.74) is 7.09. The normalized spacial score (nSPS) is 19.7. The predicted molar refractivity (Wildman–Crippen MR) is 120 cm³/mol. The number of aromatic nitrogens is 1. The van der Waals surface area contributed by atoms with E-state index in [0.29, 0.717) is 0 Å². The summed E-state index contributed by atoms with van der Waals surface area (Å²) in [6.45, 7) is 4.46. The van der Waals surface area contributed by atoms with Crippen molar-refractivity contribution in [3.63, 3.8) is 0 Å². The highest BCUT2D eigenvalue weighted by Gasteiger charge is 2.32. The van der Waals surface area contributed by atoms with Crippen molar-refractivity contribution in [2.75, 3.05) is 11.4 Å². The Hall–Kier alpha value is -2.30. The van der Waals surface area contributed by atoms with Gasteiger partial charge in [-0.2, -0.15) is 4.57 Å². The summed E-state index contributed by atoms with van der Waals surface area (Å²) < 4.78 is 3.88. The Kier molecular flexibility index (Phi) is 3.78. The van der Waals surface area contributed by atoms with E-state index < -0.39 is 0 Å². The molecule has 0 fully saturated rings. The number of thioether (sulfide) groups is 1. The van der Waals surface area contributed by atoms with E-state index in [4.69, 9.17) is 0 Å². The highest BCUT2D eigenvalue weighted by molar-refractivity contribution is 8.03. The average molecular weight is 402 g/mol. The van der Waals surface area contributed by atoms with Gasteiger partial charge in [-0.15, -0.1) is 0 Å². The van der Waals surface area contributed by atoms with Crippen LogP contribution in [0.1, 0.15) is 24.8 Å². The molecule has 2 aromatic carbocycles. The van der Waals surface area contributed by atoms with Gasteiger partial charge in [0.15, 0.2) is 6.54 Å². The van der Waals surface area contributed by atoms with Crippen LogP contribution in [0.15, 0.2) is 81.8 Å². The highest BCUT2D eigenvalue weighted by atomic mass is 32.2. The third-order valence-electron chi connectivity index (χ3n) is 5.78. The van der Waals surface area contributed by atoms with Crippen LogP contribution in [0.4, 0.5) is 5.69 Å².